The molecule has 3 N–H and O–H groups in total. The lowest BCUT2D eigenvalue weighted by molar-refractivity contribution is -0.143. The Morgan fingerprint density at radius 1 is 0.429 bits per heavy atom. The van der Waals surface area contributed by atoms with Crippen LogP contribution >= 0.6 is 0 Å². The fraction of sp³-hybridized carbons (Fsp3) is 0.930. The van der Waals surface area contributed by atoms with Crippen molar-refractivity contribution in [3.05, 3.63) is 12.2 Å². The van der Waals surface area contributed by atoms with Crippen LogP contribution in [-0.2, 0) is 14.3 Å². The Morgan fingerprint density at radius 2 is 0.730 bits per heavy atom. The van der Waals surface area contributed by atoms with E-state index in [4.69, 9.17) is 4.74 Å². The average Bonchev–Trinajstić information content (AvgIpc) is 3.28. The summed E-state index contributed by atoms with van der Waals surface area (Å²) in [5.74, 6) is -0.0711. The van der Waals surface area contributed by atoms with Gasteiger partial charge in [-0.3, -0.25) is 9.59 Å². The number of hydrogen-bond donors (Lipinski definition) is 3. The van der Waals surface area contributed by atoms with E-state index < -0.39 is 12.1 Å². The number of esters is 1. The highest BCUT2D eigenvalue weighted by Crippen LogP contribution is 2.17. The van der Waals surface area contributed by atoms with Gasteiger partial charge in [0.15, 0.2) is 0 Å². The second kappa shape index (κ2) is 53.2. The Balaban J connectivity index is 3.41. The van der Waals surface area contributed by atoms with Crippen LogP contribution in [0.3, 0.4) is 0 Å². The van der Waals surface area contributed by atoms with Crippen LogP contribution in [0.4, 0.5) is 0 Å². The molecule has 2 atom stereocenters. The number of allylic oxidation sites excluding steroid dienone is 1. The number of aliphatic hydroxyl groups is 2. The van der Waals surface area contributed by atoms with Crippen molar-refractivity contribution in [2.75, 3.05) is 13.2 Å². The summed E-state index contributed by atoms with van der Waals surface area (Å²) < 4.78 is 5.49. The zero-order chi connectivity index (χ0) is 45.8. The van der Waals surface area contributed by atoms with Crippen LogP contribution in [0.2, 0.25) is 0 Å². The molecule has 63 heavy (non-hydrogen) atoms. The van der Waals surface area contributed by atoms with Gasteiger partial charge in [-0.25, -0.2) is 0 Å². The van der Waals surface area contributed by atoms with Crippen molar-refractivity contribution in [2.24, 2.45) is 0 Å². The molecule has 0 aromatic rings. The minimum absolute atomic E-state index is 0.00423. The van der Waals surface area contributed by atoms with Gasteiger partial charge in [0.1, 0.15) is 0 Å². The summed E-state index contributed by atoms with van der Waals surface area (Å²) >= 11 is 0. The molecule has 6 heteroatoms. The molecular formula is C57H111NO5. The Kier molecular flexibility index (Phi) is 52.0. The van der Waals surface area contributed by atoms with E-state index in [9.17, 15) is 19.8 Å². The number of rotatable bonds is 53. The number of carbonyl (C=O) groups is 2. The summed E-state index contributed by atoms with van der Waals surface area (Å²) in [7, 11) is 0. The summed E-state index contributed by atoms with van der Waals surface area (Å²) in [6.07, 6.45) is 62.3. The van der Waals surface area contributed by atoms with E-state index in [2.05, 4.69) is 19.2 Å². The second-order valence-electron chi connectivity index (χ2n) is 19.6. The zero-order valence-corrected chi connectivity index (χ0v) is 42.6. The molecule has 0 aliphatic rings. The molecule has 2 unspecified atom stereocenters. The van der Waals surface area contributed by atoms with Gasteiger partial charge in [0.2, 0.25) is 5.91 Å². The number of nitrogens with one attached hydrogen (secondary N) is 1. The van der Waals surface area contributed by atoms with E-state index >= 15 is 0 Å². The third kappa shape index (κ3) is 49.9. The zero-order valence-electron chi connectivity index (χ0n) is 42.6. The number of hydrogen-bond acceptors (Lipinski definition) is 5. The molecule has 0 aliphatic carbocycles. The summed E-state index contributed by atoms with van der Waals surface area (Å²) in [4.78, 5) is 24.5. The van der Waals surface area contributed by atoms with E-state index in [0.29, 0.717) is 19.4 Å². The molecule has 0 fully saturated rings. The van der Waals surface area contributed by atoms with Crippen molar-refractivity contribution in [3.8, 4) is 0 Å². The van der Waals surface area contributed by atoms with Gasteiger partial charge in [0.25, 0.3) is 0 Å². The predicted molar refractivity (Wildman–Crippen MR) is 273 cm³/mol. The maximum Gasteiger partial charge on any atom is 0.305 e. The van der Waals surface area contributed by atoms with Crippen molar-refractivity contribution in [3.63, 3.8) is 0 Å². The average molecular weight is 891 g/mol. The van der Waals surface area contributed by atoms with E-state index in [1.165, 1.54) is 244 Å². The van der Waals surface area contributed by atoms with Gasteiger partial charge in [0, 0.05) is 12.8 Å². The molecule has 0 rings (SSSR count). The fourth-order valence-corrected chi connectivity index (χ4v) is 8.93. The number of aliphatic hydroxyl groups excluding tert-OH is 2. The highest BCUT2D eigenvalue weighted by molar-refractivity contribution is 5.76. The summed E-state index contributed by atoms with van der Waals surface area (Å²) in [5.41, 5.74) is 0. The van der Waals surface area contributed by atoms with Gasteiger partial charge in [-0.15, -0.1) is 0 Å². The quantitative estimate of drug-likeness (QED) is 0.0321. The lowest BCUT2D eigenvalue weighted by Crippen LogP contribution is -2.45. The molecule has 0 heterocycles. The van der Waals surface area contributed by atoms with Crippen molar-refractivity contribution >= 4 is 11.9 Å². The first-order chi connectivity index (χ1) is 31.0. The molecule has 374 valence electrons. The van der Waals surface area contributed by atoms with Gasteiger partial charge in [-0.05, 0) is 32.1 Å². The van der Waals surface area contributed by atoms with Crippen LogP contribution in [0, 0.1) is 0 Å². The largest absolute Gasteiger partial charge is 0.466 e. The predicted octanol–water partition coefficient (Wildman–Crippen LogP) is 17.3. The molecule has 0 aromatic heterocycles. The monoisotopic (exact) mass is 890 g/mol. The Hall–Kier alpha value is -1.40. The smallest absolute Gasteiger partial charge is 0.305 e. The standard InChI is InChI=1S/C57H111NO5/c1-3-5-7-9-11-13-15-17-18-19-20-23-27-31-35-39-43-47-51-57(62)63-52-48-44-40-36-32-28-24-21-22-26-30-34-38-42-46-50-56(61)58-54(53-59)55(60)49-45-41-37-33-29-25-16-14-12-10-8-6-4-2/h45,49,54-55,59-60H,3-44,46-48,50-53H2,1-2H3,(H,58,61)/b49-45+. The molecule has 1 amide bonds. The van der Waals surface area contributed by atoms with Crippen molar-refractivity contribution in [1.29, 1.82) is 0 Å². The molecule has 0 spiro atoms. The van der Waals surface area contributed by atoms with Gasteiger partial charge in [-0.1, -0.05) is 283 Å². The van der Waals surface area contributed by atoms with Crippen LogP contribution in [0.25, 0.3) is 0 Å². The molecule has 0 saturated heterocycles. The lowest BCUT2D eigenvalue weighted by Gasteiger charge is -2.20. The Morgan fingerprint density at radius 3 is 1.08 bits per heavy atom. The van der Waals surface area contributed by atoms with E-state index in [1.54, 1.807) is 6.08 Å². The third-order valence-electron chi connectivity index (χ3n) is 13.3. The van der Waals surface area contributed by atoms with Gasteiger partial charge in [-0.2, -0.15) is 0 Å². The highest BCUT2D eigenvalue weighted by atomic mass is 16.5. The molecule has 0 radical (unpaired) electrons. The lowest BCUT2D eigenvalue weighted by atomic mass is 10.0. The van der Waals surface area contributed by atoms with Crippen LogP contribution in [0.15, 0.2) is 12.2 Å². The minimum atomic E-state index is -0.848. The Bertz CT molecular complexity index is 939. The van der Waals surface area contributed by atoms with Crippen molar-refractivity contribution < 1.29 is 24.5 Å². The normalized spacial score (nSPS) is 12.6. The maximum absolute atomic E-state index is 12.4. The maximum atomic E-state index is 12.4. The molecule has 0 saturated carbocycles. The first-order valence-corrected chi connectivity index (χ1v) is 28.5. The first-order valence-electron chi connectivity index (χ1n) is 28.5. The topological polar surface area (TPSA) is 95.9 Å². The second-order valence-corrected chi connectivity index (χ2v) is 19.6. The molecular weight excluding hydrogens is 779 g/mol. The first kappa shape index (κ1) is 61.6. The SMILES string of the molecule is CCCCCCCCCCCCC/C=C/C(O)C(CO)NC(=O)CCCCCCCCCCCCCCCCCOC(=O)CCCCCCCCCCCCCCCCCCCC. The van der Waals surface area contributed by atoms with Crippen LogP contribution in [0.1, 0.15) is 316 Å². The van der Waals surface area contributed by atoms with Gasteiger partial charge in [0.05, 0.1) is 25.4 Å². The minimum Gasteiger partial charge on any atom is -0.466 e. The molecule has 6 nitrogen and oxygen atoms in total. The Labute approximate surface area is 393 Å². The van der Waals surface area contributed by atoms with Crippen molar-refractivity contribution in [2.45, 2.75) is 328 Å². The van der Waals surface area contributed by atoms with Crippen LogP contribution in [0.5, 0.6) is 0 Å². The molecule has 0 aliphatic heterocycles. The number of carbonyl (C=O) groups excluding carboxylic acids is 2. The fourth-order valence-electron chi connectivity index (χ4n) is 8.93. The molecule has 0 bridgehead atoms. The molecule has 0 aromatic carbocycles. The van der Waals surface area contributed by atoms with E-state index in [0.717, 1.165) is 44.9 Å². The third-order valence-corrected chi connectivity index (χ3v) is 13.3. The van der Waals surface area contributed by atoms with Gasteiger partial charge >= 0.3 is 5.97 Å². The summed E-state index contributed by atoms with van der Waals surface area (Å²) in [5, 5.41) is 23.0. The van der Waals surface area contributed by atoms with Gasteiger partial charge < -0.3 is 20.3 Å². The van der Waals surface area contributed by atoms with Crippen molar-refractivity contribution in [1.82, 2.24) is 5.32 Å². The number of amides is 1. The summed E-state index contributed by atoms with van der Waals surface area (Å²) in [6, 6.07) is -0.632. The van der Waals surface area contributed by atoms with E-state index in [-0.39, 0.29) is 18.5 Å². The number of unbranched alkanes of at least 4 members (excludes halogenated alkanes) is 42. The van der Waals surface area contributed by atoms with E-state index in [1.807, 2.05) is 6.08 Å². The highest BCUT2D eigenvalue weighted by Gasteiger charge is 2.18. The van der Waals surface area contributed by atoms with Crippen LogP contribution in [-0.4, -0.2) is 47.4 Å². The summed E-state index contributed by atoms with van der Waals surface area (Å²) in [6.45, 7) is 4.90. The van der Waals surface area contributed by atoms with Crippen LogP contribution < -0.4 is 5.32 Å². The number of ether oxygens (including phenoxy) is 1.